The Labute approximate surface area is 150 Å². The molecule has 1 atom stereocenters. The quantitative estimate of drug-likeness (QED) is 0.194. The Morgan fingerprint density at radius 2 is 1.75 bits per heavy atom. The maximum atomic E-state index is 5.04. The molecule has 1 aromatic carbocycles. The van der Waals surface area contributed by atoms with Crippen LogP contribution < -0.4 is 0 Å². The summed E-state index contributed by atoms with van der Waals surface area (Å²) in [7, 11) is -0.991. The van der Waals surface area contributed by atoms with E-state index < -0.39 is 8.07 Å². The van der Waals surface area contributed by atoms with Crippen LogP contribution in [-0.2, 0) is 0 Å². The van der Waals surface area contributed by atoms with Crippen LogP contribution >= 0.6 is 0 Å². The smallest absolute Gasteiger partial charge is 0.0912 e. The summed E-state index contributed by atoms with van der Waals surface area (Å²) in [5.41, 5.74) is 2.86. The molecule has 0 aromatic heterocycles. The largest absolute Gasteiger partial charge is 0.285 e. The standard InChI is InChI=1S/C21H36N2Si/c1-5-6-7-8-12-15-20(16-17-24(2,3)4)22-23-18-21(23)19-13-10-9-11-14-19/h9-11,13-14,21H,5-8,12,15-18H2,1-4H3/b22-20+. The molecule has 0 saturated carbocycles. The van der Waals surface area contributed by atoms with Crippen LogP contribution in [0.5, 0.6) is 0 Å². The lowest BCUT2D eigenvalue weighted by molar-refractivity contribution is 0.545. The van der Waals surface area contributed by atoms with Gasteiger partial charge in [0.2, 0.25) is 0 Å². The first-order chi connectivity index (χ1) is 11.5. The fourth-order valence-electron chi connectivity index (χ4n) is 3.05. The molecule has 1 unspecified atom stereocenters. The van der Waals surface area contributed by atoms with Crippen molar-refractivity contribution in [3.63, 3.8) is 0 Å². The predicted molar refractivity (Wildman–Crippen MR) is 109 cm³/mol. The molecule has 1 aliphatic heterocycles. The molecule has 0 bridgehead atoms. The zero-order valence-electron chi connectivity index (χ0n) is 16.2. The molecule has 1 aromatic rings. The minimum atomic E-state index is -0.991. The number of hydrazone groups is 1. The predicted octanol–water partition coefficient (Wildman–Crippen LogP) is 6.49. The molecule has 24 heavy (non-hydrogen) atoms. The highest BCUT2D eigenvalue weighted by molar-refractivity contribution is 6.76. The molecule has 2 rings (SSSR count). The number of unbranched alkanes of at least 4 members (excludes halogenated alkanes) is 4. The van der Waals surface area contributed by atoms with Crippen LogP contribution in [0.25, 0.3) is 0 Å². The Bertz CT molecular complexity index is 504. The van der Waals surface area contributed by atoms with Crippen molar-refractivity contribution in [3.05, 3.63) is 35.9 Å². The van der Waals surface area contributed by atoms with Crippen molar-refractivity contribution in [3.8, 4) is 0 Å². The lowest BCUT2D eigenvalue weighted by Gasteiger charge is -2.16. The van der Waals surface area contributed by atoms with Gasteiger partial charge in [0.25, 0.3) is 0 Å². The second kappa shape index (κ2) is 9.41. The minimum absolute atomic E-state index is 0.521. The van der Waals surface area contributed by atoms with E-state index in [1.54, 1.807) is 0 Å². The first-order valence-electron chi connectivity index (χ1n) is 9.87. The van der Waals surface area contributed by atoms with Gasteiger partial charge in [-0.2, -0.15) is 5.10 Å². The van der Waals surface area contributed by atoms with E-state index in [1.165, 1.54) is 62.3 Å². The fraction of sp³-hybridized carbons (Fsp3) is 0.667. The summed E-state index contributed by atoms with van der Waals surface area (Å²) in [6.07, 6.45) is 9.17. The van der Waals surface area contributed by atoms with E-state index in [0.717, 1.165) is 6.54 Å². The van der Waals surface area contributed by atoms with E-state index in [0.29, 0.717) is 6.04 Å². The lowest BCUT2D eigenvalue weighted by Crippen LogP contribution is -2.21. The Morgan fingerprint density at radius 1 is 1.04 bits per heavy atom. The van der Waals surface area contributed by atoms with Crippen LogP contribution in [0.4, 0.5) is 0 Å². The van der Waals surface area contributed by atoms with Crippen molar-refractivity contribution in [2.24, 2.45) is 5.10 Å². The van der Waals surface area contributed by atoms with Crippen molar-refractivity contribution in [2.75, 3.05) is 6.54 Å². The molecule has 3 heteroatoms. The van der Waals surface area contributed by atoms with Gasteiger partial charge in [0.1, 0.15) is 0 Å². The number of benzene rings is 1. The van der Waals surface area contributed by atoms with E-state index >= 15 is 0 Å². The second-order valence-corrected chi connectivity index (χ2v) is 14.1. The normalized spacial score (nSPS) is 18.1. The van der Waals surface area contributed by atoms with E-state index in [1.807, 2.05) is 0 Å². The van der Waals surface area contributed by atoms with Crippen LogP contribution in [0.15, 0.2) is 35.4 Å². The third kappa shape index (κ3) is 7.21. The Morgan fingerprint density at radius 3 is 2.42 bits per heavy atom. The number of hydrogen-bond donors (Lipinski definition) is 0. The molecule has 2 nitrogen and oxygen atoms in total. The van der Waals surface area contributed by atoms with Crippen LogP contribution in [0, 0.1) is 0 Å². The van der Waals surface area contributed by atoms with Gasteiger partial charge in [0.15, 0.2) is 0 Å². The lowest BCUT2D eigenvalue weighted by atomic mass is 10.1. The molecule has 134 valence electrons. The third-order valence-corrected chi connectivity index (χ3v) is 6.52. The SMILES string of the molecule is CCCCCCC/C(CC[Si](C)(C)C)=N\N1CC1c1ccccc1. The molecule has 0 N–H and O–H groups in total. The van der Waals surface area contributed by atoms with Gasteiger partial charge in [0.05, 0.1) is 12.6 Å². The van der Waals surface area contributed by atoms with Gasteiger partial charge < -0.3 is 0 Å². The van der Waals surface area contributed by atoms with Gasteiger partial charge in [-0.05, 0) is 24.8 Å². The number of rotatable bonds is 11. The first kappa shape index (κ1) is 19.2. The zero-order chi connectivity index (χ0) is 17.4. The van der Waals surface area contributed by atoms with Crippen LogP contribution in [0.3, 0.4) is 0 Å². The van der Waals surface area contributed by atoms with Crippen molar-refractivity contribution < 1.29 is 0 Å². The second-order valence-electron chi connectivity index (χ2n) is 8.44. The Balaban J connectivity index is 1.87. The molecule has 1 saturated heterocycles. The van der Waals surface area contributed by atoms with Gasteiger partial charge in [-0.1, -0.05) is 88.6 Å². The molecule has 1 heterocycles. The van der Waals surface area contributed by atoms with Crippen LogP contribution in [-0.4, -0.2) is 25.3 Å². The molecule has 1 fully saturated rings. The van der Waals surface area contributed by atoms with Gasteiger partial charge in [0, 0.05) is 13.8 Å². The van der Waals surface area contributed by atoms with Gasteiger partial charge in [-0.25, -0.2) is 0 Å². The third-order valence-electron chi connectivity index (χ3n) is 4.77. The average Bonchev–Trinajstić information content (AvgIpc) is 3.31. The van der Waals surface area contributed by atoms with E-state index in [-0.39, 0.29) is 0 Å². The highest BCUT2D eigenvalue weighted by Crippen LogP contribution is 2.35. The van der Waals surface area contributed by atoms with Crippen molar-refractivity contribution >= 4 is 13.8 Å². The molecule has 1 aliphatic rings. The summed E-state index contributed by atoms with van der Waals surface area (Å²) in [4.78, 5) is 0. The average molecular weight is 345 g/mol. The number of nitrogens with zero attached hydrogens (tertiary/aromatic N) is 2. The molecule has 0 spiro atoms. The minimum Gasteiger partial charge on any atom is -0.285 e. The fourth-order valence-corrected chi connectivity index (χ4v) is 4.09. The zero-order valence-corrected chi connectivity index (χ0v) is 17.2. The first-order valence-corrected chi connectivity index (χ1v) is 13.6. The monoisotopic (exact) mass is 344 g/mol. The van der Waals surface area contributed by atoms with E-state index in [4.69, 9.17) is 5.10 Å². The van der Waals surface area contributed by atoms with Crippen LogP contribution in [0.2, 0.25) is 25.7 Å². The van der Waals surface area contributed by atoms with Crippen molar-refractivity contribution in [2.45, 2.75) is 83.6 Å². The van der Waals surface area contributed by atoms with Crippen LogP contribution in [0.1, 0.15) is 63.5 Å². The summed E-state index contributed by atoms with van der Waals surface area (Å²) in [6, 6.07) is 12.7. The summed E-state index contributed by atoms with van der Waals surface area (Å²) >= 11 is 0. The Kier molecular flexibility index (Phi) is 7.54. The molecular formula is C21H36N2Si. The summed E-state index contributed by atoms with van der Waals surface area (Å²) < 4.78 is 0. The summed E-state index contributed by atoms with van der Waals surface area (Å²) in [5.74, 6) is 0. The van der Waals surface area contributed by atoms with Gasteiger partial charge in [-0.15, -0.1) is 0 Å². The van der Waals surface area contributed by atoms with Crippen molar-refractivity contribution in [1.29, 1.82) is 0 Å². The topological polar surface area (TPSA) is 15.4 Å². The summed E-state index contributed by atoms with van der Waals surface area (Å²) in [5, 5.41) is 7.33. The highest BCUT2D eigenvalue weighted by atomic mass is 28.3. The highest BCUT2D eigenvalue weighted by Gasteiger charge is 2.34. The van der Waals surface area contributed by atoms with Gasteiger partial charge in [-0.3, -0.25) is 5.01 Å². The van der Waals surface area contributed by atoms with Crippen molar-refractivity contribution in [1.82, 2.24) is 5.01 Å². The van der Waals surface area contributed by atoms with Gasteiger partial charge >= 0.3 is 0 Å². The number of hydrogen-bond acceptors (Lipinski definition) is 2. The van der Waals surface area contributed by atoms with E-state index in [2.05, 4.69) is 61.9 Å². The maximum Gasteiger partial charge on any atom is 0.0912 e. The molecule has 0 amide bonds. The Hall–Kier alpha value is -1.09. The maximum absolute atomic E-state index is 5.04. The van der Waals surface area contributed by atoms with E-state index in [9.17, 15) is 0 Å². The summed E-state index contributed by atoms with van der Waals surface area (Å²) in [6.45, 7) is 10.8. The molecule has 0 aliphatic carbocycles. The molecule has 0 radical (unpaired) electrons. The molecular weight excluding hydrogens is 308 g/mol.